The van der Waals surface area contributed by atoms with E-state index < -0.39 is 0 Å². The van der Waals surface area contributed by atoms with Gasteiger partial charge in [0.05, 0.1) is 4.91 Å². The van der Waals surface area contributed by atoms with Crippen LogP contribution < -0.4 is 0 Å². The van der Waals surface area contributed by atoms with Crippen LogP contribution in [0.4, 0.5) is 4.79 Å². The minimum absolute atomic E-state index is 0.120. The Bertz CT molecular complexity index is 771. The minimum atomic E-state index is -0.222. The van der Waals surface area contributed by atoms with Crippen molar-refractivity contribution < 1.29 is 9.59 Å². The maximum atomic E-state index is 12.3. The molecule has 1 unspecified atom stereocenters. The van der Waals surface area contributed by atoms with E-state index in [1.165, 1.54) is 21.6 Å². The highest BCUT2D eigenvalue weighted by atomic mass is 32.2. The van der Waals surface area contributed by atoms with E-state index in [0.29, 0.717) is 4.91 Å². The number of hydrogen-bond acceptors (Lipinski definition) is 3. The number of carbonyl (C=O) groups excluding carboxylic acids is 2. The van der Waals surface area contributed by atoms with E-state index in [2.05, 4.69) is 49.9 Å². The largest absolute Gasteiger partial charge is 0.293 e. The molecule has 3 rings (SSSR count). The van der Waals surface area contributed by atoms with Crippen LogP contribution in [0.1, 0.15) is 17.5 Å². The van der Waals surface area contributed by atoms with Gasteiger partial charge in [0.1, 0.15) is 0 Å². The second-order valence-electron chi connectivity index (χ2n) is 5.91. The van der Waals surface area contributed by atoms with Crippen LogP contribution in [0.15, 0.2) is 66.1 Å². The Morgan fingerprint density at radius 2 is 2.04 bits per heavy atom. The number of carbonyl (C=O) groups is 2. The van der Waals surface area contributed by atoms with E-state index in [-0.39, 0.29) is 23.6 Å². The molecule has 1 atom stereocenters. The van der Waals surface area contributed by atoms with Gasteiger partial charge in [-0.05, 0) is 36.2 Å². The fourth-order valence-electron chi connectivity index (χ4n) is 2.80. The van der Waals surface area contributed by atoms with E-state index in [4.69, 9.17) is 0 Å². The summed E-state index contributed by atoms with van der Waals surface area (Å²) < 4.78 is 0. The summed E-state index contributed by atoms with van der Waals surface area (Å²) in [6.45, 7) is 5.92. The molecule has 0 N–H and O–H groups in total. The average molecular weight is 337 g/mol. The number of nitrogens with zero attached hydrogens (tertiary/aromatic N) is 1. The standard InChI is InChI=1S/C20H19NO2S/c1-3-11-21-19(22)18(24-20(21)23)13-15-5-4-6-17(12-15)16-9-7-14(2)8-10-16/h3-10,13,15H,1,11-12H2,2H3/b18-13-. The van der Waals surface area contributed by atoms with Gasteiger partial charge in [0.2, 0.25) is 0 Å². The van der Waals surface area contributed by atoms with Crippen molar-refractivity contribution in [1.82, 2.24) is 4.90 Å². The van der Waals surface area contributed by atoms with Crippen LogP contribution in [-0.4, -0.2) is 22.6 Å². The van der Waals surface area contributed by atoms with Crippen LogP contribution in [0.25, 0.3) is 5.57 Å². The first-order valence-corrected chi connectivity index (χ1v) is 8.71. The fourth-order valence-corrected chi connectivity index (χ4v) is 3.69. The van der Waals surface area contributed by atoms with Crippen molar-refractivity contribution in [3.8, 4) is 0 Å². The highest BCUT2D eigenvalue weighted by Crippen LogP contribution is 2.35. The second kappa shape index (κ2) is 7.05. The van der Waals surface area contributed by atoms with Gasteiger partial charge in [0.15, 0.2) is 0 Å². The van der Waals surface area contributed by atoms with Gasteiger partial charge in [0, 0.05) is 12.5 Å². The van der Waals surface area contributed by atoms with Crippen molar-refractivity contribution in [2.24, 2.45) is 5.92 Å². The van der Waals surface area contributed by atoms with Gasteiger partial charge in [-0.3, -0.25) is 14.5 Å². The van der Waals surface area contributed by atoms with Crippen molar-refractivity contribution in [2.45, 2.75) is 13.3 Å². The SMILES string of the molecule is C=CCN1C(=O)S/C(=C\C2C=CC=C(c3ccc(C)cc3)C2)C1=O. The van der Waals surface area contributed by atoms with E-state index in [1.807, 2.05) is 12.2 Å². The molecule has 3 nitrogen and oxygen atoms in total. The summed E-state index contributed by atoms with van der Waals surface area (Å²) in [6, 6.07) is 8.44. The van der Waals surface area contributed by atoms with Crippen LogP contribution >= 0.6 is 11.8 Å². The topological polar surface area (TPSA) is 37.4 Å². The number of amides is 2. The third-order valence-electron chi connectivity index (χ3n) is 4.08. The van der Waals surface area contributed by atoms with Crippen molar-refractivity contribution in [3.63, 3.8) is 0 Å². The summed E-state index contributed by atoms with van der Waals surface area (Å²) in [7, 11) is 0. The summed E-state index contributed by atoms with van der Waals surface area (Å²) in [4.78, 5) is 25.9. The first kappa shape index (κ1) is 16.5. The van der Waals surface area contributed by atoms with Crippen LogP contribution in [0.3, 0.4) is 0 Å². The molecule has 0 saturated carbocycles. The first-order valence-electron chi connectivity index (χ1n) is 7.89. The predicted octanol–water partition coefficient (Wildman–Crippen LogP) is 4.72. The molecule has 1 aliphatic carbocycles. The zero-order valence-electron chi connectivity index (χ0n) is 13.6. The summed E-state index contributed by atoms with van der Waals surface area (Å²) >= 11 is 1.01. The van der Waals surface area contributed by atoms with Crippen molar-refractivity contribution >= 4 is 28.5 Å². The monoisotopic (exact) mass is 337 g/mol. The predicted molar refractivity (Wildman–Crippen MR) is 99.4 cm³/mol. The molecule has 1 aromatic carbocycles. The lowest BCUT2D eigenvalue weighted by atomic mass is 9.89. The first-order chi connectivity index (χ1) is 11.6. The van der Waals surface area contributed by atoms with Crippen molar-refractivity contribution in [2.75, 3.05) is 6.54 Å². The molecule has 1 fully saturated rings. The Labute approximate surface area is 146 Å². The lowest BCUT2D eigenvalue weighted by Crippen LogP contribution is -2.28. The van der Waals surface area contributed by atoms with Gasteiger partial charge in [0.25, 0.3) is 11.1 Å². The molecular weight excluding hydrogens is 318 g/mol. The third kappa shape index (κ3) is 3.44. The van der Waals surface area contributed by atoms with Crippen LogP contribution in [0.5, 0.6) is 0 Å². The van der Waals surface area contributed by atoms with Gasteiger partial charge in [-0.25, -0.2) is 0 Å². The minimum Gasteiger partial charge on any atom is -0.268 e. The third-order valence-corrected chi connectivity index (χ3v) is 5.01. The number of hydrogen-bond donors (Lipinski definition) is 0. The van der Waals surface area contributed by atoms with Gasteiger partial charge >= 0.3 is 0 Å². The van der Waals surface area contributed by atoms with Gasteiger partial charge in [-0.1, -0.05) is 60.2 Å². The number of imide groups is 1. The lowest BCUT2D eigenvalue weighted by molar-refractivity contribution is -0.122. The zero-order chi connectivity index (χ0) is 17.1. The molecule has 2 amide bonds. The quantitative estimate of drug-likeness (QED) is 0.589. The zero-order valence-corrected chi connectivity index (χ0v) is 14.4. The molecule has 2 aliphatic rings. The van der Waals surface area contributed by atoms with E-state index in [9.17, 15) is 9.59 Å². The van der Waals surface area contributed by atoms with Gasteiger partial charge in [-0.2, -0.15) is 0 Å². The Balaban J connectivity index is 1.75. The molecule has 0 aromatic heterocycles. The van der Waals surface area contributed by atoms with Crippen molar-refractivity contribution in [1.29, 1.82) is 0 Å². The fraction of sp³-hybridized carbons (Fsp3) is 0.200. The van der Waals surface area contributed by atoms with Crippen LogP contribution in [0, 0.1) is 12.8 Å². The Kier molecular flexibility index (Phi) is 4.86. The van der Waals surface area contributed by atoms with Gasteiger partial charge < -0.3 is 0 Å². The number of benzene rings is 1. The molecule has 4 heteroatoms. The number of aryl methyl sites for hydroxylation is 1. The summed E-state index contributed by atoms with van der Waals surface area (Å²) in [5.41, 5.74) is 3.67. The van der Waals surface area contributed by atoms with E-state index in [1.54, 1.807) is 6.08 Å². The molecule has 1 heterocycles. The number of thioether (sulfide) groups is 1. The molecule has 0 bridgehead atoms. The normalized spacial score (nSPS) is 22.2. The Morgan fingerprint density at radius 3 is 2.75 bits per heavy atom. The molecule has 0 radical (unpaired) electrons. The molecule has 1 aliphatic heterocycles. The smallest absolute Gasteiger partial charge is 0.268 e. The highest BCUT2D eigenvalue weighted by Gasteiger charge is 2.34. The highest BCUT2D eigenvalue weighted by molar-refractivity contribution is 8.18. The maximum absolute atomic E-state index is 12.3. The Morgan fingerprint density at radius 1 is 1.29 bits per heavy atom. The number of rotatable bonds is 4. The van der Waals surface area contributed by atoms with Crippen LogP contribution in [0.2, 0.25) is 0 Å². The van der Waals surface area contributed by atoms with Crippen LogP contribution in [-0.2, 0) is 4.79 Å². The summed E-state index contributed by atoms with van der Waals surface area (Å²) in [5, 5.41) is -0.222. The van der Waals surface area contributed by atoms with E-state index >= 15 is 0 Å². The molecule has 122 valence electrons. The molecule has 24 heavy (non-hydrogen) atoms. The summed E-state index contributed by atoms with van der Waals surface area (Å²) in [6.07, 6.45) is 10.5. The molecule has 0 spiro atoms. The average Bonchev–Trinajstić information content (AvgIpc) is 2.84. The van der Waals surface area contributed by atoms with Crippen molar-refractivity contribution in [3.05, 3.63) is 77.3 Å². The molecule has 1 aromatic rings. The molecular formula is C20H19NO2S. The lowest BCUT2D eigenvalue weighted by Gasteiger charge is -2.16. The second-order valence-corrected chi connectivity index (χ2v) is 6.91. The van der Waals surface area contributed by atoms with Gasteiger partial charge in [-0.15, -0.1) is 6.58 Å². The van der Waals surface area contributed by atoms with E-state index in [0.717, 1.165) is 18.2 Å². The Hall–Kier alpha value is -2.33. The number of allylic oxidation sites excluding steroid dienone is 5. The maximum Gasteiger partial charge on any atom is 0.293 e. The molecule has 1 saturated heterocycles. The summed E-state index contributed by atoms with van der Waals surface area (Å²) in [5.74, 6) is -0.0982.